The van der Waals surface area contributed by atoms with Crippen molar-refractivity contribution < 1.29 is 33.3 Å². The highest BCUT2D eigenvalue weighted by Gasteiger charge is 2.04. The first kappa shape index (κ1) is 25.7. The zero-order chi connectivity index (χ0) is 20.2. The van der Waals surface area contributed by atoms with Crippen molar-refractivity contribution in [2.45, 2.75) is 20.8 Å². The number of hydrogen-bond donors (Lipinski definition) is 2. The number of amides is 2. The first-order valence-electron chi connectivity index (χ1n) is 9.51. The van der Waals surface area contributed by atoms with Gasteiger partial charge in [-0.05, 0) is 6.92 Å². The molecule has 0 aromatic rings. The lowest BCUT2D eigenvalue weighted by Crippen LogP contribution is -2.31. The van der Waals surface area contributed by atoms with Gasteiger partial charge in [0, 0.05) is 25.6 Å². The first-order valence-corrected chi connectivity index (χ1v) is 9.51. The molecule has 0 heterocycles. The van der Waals surface area contributed by atoms with E-state index in [1.165, 1.54) is 0 Å². The lowest BCUT2D eigenvalue weighted by Gasteiger charge is -2.09. The SMILES string of the molecule is CCOCC(=O)NCCOCCOCCOCCOCCNC(=O)C(C)C. The van der Waals surface area contributed by atoms with Crippen LogP contribution in [0.5, 0.6) is 0 Å². The number of rotatable bonds is 19. The molecule has 0 aliphatic carbocycles. The summed E-state index contributed by atoms with van der Waals surface area (Å²) in [7, 11) is 0. The van der Waals surface area contributed by atoms with Crippen molar-refractivity contribution in [3.8, 4) is 0 Å². The molecule has 0 aliphatic rings. The number of hydrogen-bond acceptors (Lipinski definition) is 7. The van der Waals surface area contributed by atoms with E-state index in [1.54, 1.807) is 0 Å². The summed E-state index contributed by atoms with van der Waals surface area (Å²) >= 11 is 0. The van der Waals surface area contributed by atoms with Crippen LogP contribution in [0.25, 0.3) is 0 Å². The van der Waals surface area contributed by atoms with E-state index in [9.17, 15) is 9.59 Å². The Labute approximate surface area is 162 Å². The van der Waals surface area contributed by atoms with E-state index in [2.05, 4.69) is 10.6 Å². The summed E-state index contributed by atoms with van der Waals surface area (Å²) in [6.07, 6.45) is 0. The fourth-order valence-corrected chi connectivity index (χ4v) is 1.72. The van der Waals surface area contributed by atoms with E-state index in [0.717, 1.165) is 0 Å². The summed E-state index contributed by atoms with van der Waals surface area (Å²) in [6, 6.07) is 0. The van der Waals surface area contributed by atoms with E-state index in [1.807, 2.05) is 20.8 Å². The molecule has 0 saturated carbocycles. The highest BCUT2D eigenvalue weighted by Crippen LogP contribution is 1.89. The van der Waals surface area contributed by atoms with Crippen LogP contribution in [0.4, 0.5) is 0 Å². The van der Waals surface area contributed by atoms with Crippen LogP contribution in [-0.4, -0.2) is 91.0 Å². The van der Waals surface area contributed by atoms with Crippen LogP contribution in [0.2, 0.25) is 0 Å². The minimum Gasteiger partial charge on any atom is -0.377 e. The Morgan fingerprint density at radius 1 is 0.704 bits per heavy atom. The van der Waals surface area contributed by atoms with Gasteiger partial charge in [0.05, 0.1) is 52.9 Å². The molecule has 27 heavy (non-hydrogen) atoms. The Morgan fingerprint density at radius 2 is 1.15 bits per heavy atom. The average molecular weight is 392 g/mol. The number of carbonyl (C=O) groups is 2. The number of ether oxygens (including phenoxy) is 5. The third-order valence-electron chi connectivity index (χ3n) is 3.19. The fraction of sp³-hybridized carbons (Fsp3) is 0.889. The lowest BCUT2D eigenvalue weighted by molar-refractivity contribution is -0.126. The van der Waals surface area contributed by atoms with Crippen LogP contribution in [0.3, 0.4) is 0 Å². The highest BCUT2D eigenvalue weighted by molar-refractivity contribution is 5.77. The standard InChI is InChI=1S/C18H36N2O7/c1-4-23-15-17(21)19-5-7-24-9-11-26-13-14-27-12-10-25-8-6-20-18(22)16(2)3/h16H,4-15H2,1-3H3,(H,19,21)(H,20,22). The fourth-order valence-electron chi connectivity index (χ4n) is 1.72. The third-order valence-corrected chi connectivity index (χ3v) is 3.19. The number of nitrogens with one attached hydrogen (secondary N) is 2. The molecule has 0 fully saturated rings. The van der Waals surface area contributed by atoms with Gasteiger partial charge >= 0.3 is 0 Å². The molecule has 2 amide bonds. The molecule has 0 rings (SSSR count). The zero-order valence-electron chi connectivity index (χ0n) is 16.9. The Kier molecular flexibility index (Phi) is 18.6. The molecule has 9 nitrogen and oxygen atoms in total. The Hall–Kier alpha value is -1.26. The van der Waals surface area contributed by atoms with Gasteiger partial charge in [-0.3, -0.25) is 9.59 Å². The monoisotopic (exact) mass is 392 g/mol. The molecule has 0 aromatic carbocycles. The van der Waals surface area contributed by atoms with Crippen molar-refractivity contribution in [3.63, 3.8) is 0 Å². The summed E-state index contributed by atoms with van der Waals surface area (Å²) in [5, 5.41) is 5.47. The second kappa shape index (κ2) is 19.5. The molecule has 9 heteroatoms. The van der Waals surface area contributed by atoms with Gasteiger partial charge in [0.15, 0.2) is 0 Å². The highest BCUT2D eigenvalue weighted by atomic mass is 16.6. The molecular weight excluding hydrogens is 356 g/mol. The van der Waals surface area contributed by atoms with E-state index >= 15 is 0 Å². The average Bonchev–Trinajstić information content (AvgIpc) is 2.65. The molecular formula is C18H36N2O7. The van der Waals surface area contributed by atoms with Gasteiger partial charge in [0.1, 0.15) is 6.61 Å². The van der Waals surface area contributed by atoms with Crippen molar-refractivity contribution in [2.24, 2.45) is 5.92 Å². The molecule has 0 saturated heterocycles. The van der Waals surface area contributed by atoms with E-state index in [-0.39, 0.29) is 24.3 Å². The van der Waals surface area contributed by atoms with Crippen molar-refractivity contribution >= 4 is 11.8 Å². The summed E-state index contributed by atoms with van der Waals surface area (Å²) in [6.45, 7) is 10.9. The summed E-state index contributed by atoms with van der Waals surface area (Å²) in [5.41, 5.74) is 0. The minimum atomic E-state index is -0.141. The van der Waals surface area contributed by atoms with Gasteiger partial charge < -0.3 is 34.3 Å². The summed E-state index contributed by atoms with van der Waals surface area (Å²) < 4.78 is 26.4. The molecule has 2 N–H and O–H groups in total. The predicted octanol–water partition coefficient (Wildman–Crippen LogP) is -0.0223. The molecule has 160 valence electrons. The zero-order valence-corrected chi connectivity index (χ0v) is 16.9. The number of carbonyl (C=O) groups excluding carboxylic acids is 2. The van der Waals surface area contributed by atoms with Crippen LogP contribution in [0.1, 0.15) is 20.8 Å². The summed E-state index contributed by atoms with van der Waals surface area (Å²) in [5.74, 6) is -0.120. The Morgan fingerprint density at radius 3 is 1.59 bits per heavy atom. The van der Waals surface area contributed by atoms with E-state index < -0.39 is 0 Å². The van der Waals surface area contributed by atoms with Gasteiger partial charge in [-0.2, -0.15) is 0 Å². The second-order valence-electron chi connectivity index (χ2n) is 5.88. The van der Waals surface area contributed by atoms with Gasteiger partial charge in [0.2, 0.25) is 11.8 Å². The van der Waals surface area contributed by atoms with Gasteiger partial charge in [-0.1, -0.05) is 13.8 Å². The first-order chi connectivity index (χ1) is 13.1. The second-order valence-corrected chi connectivity index (χ2v) is 5.88. The maximum absolute atomic E-state index is 11.3. The molecule has 0 atom stereocenters. The maximum atomic E-state index is 11.3. The smallest absolute Gasteiger partial charge is 0.246 e. The molecule has 0 spiro atoms. The van der Waals surface area contributed by atoms with E-state index in [0.29, 0.717) is 72.6 Å². The van der Waals surface area contributed by atoms with E-state index in [4.69, 9.17) is 23.7 Å². The van der Waals surface area contributed by atoms with Crippen molar-refractivity contribution in [1.29, 1.82) is 0 Å². The molecule has 0 unspecified atom stereocenters. The van der Waals surface area contributed by atoms with Crippen LogP contribution in [-0.2, 0) is 33.3 Å². The predicted molar refractivity (Wildman–Crippen MR) is 101 cm³/mol. The summed E-state index contributed by atoms with van der Waals surface area (Å²) in [4.78, 5) is 22.5. The third kappa shape index (κ3) is 19.3. The largest absolute Gasteiger partial charge is 0.377 e. The lowest BCUT2D eigenvalue weighted by atomic mass is 10.2. The Bertz CT molecular complexity index is 368. The molecule has 0 radical (unpaired) electrons. The molecule has 0 aromatic heterocycles. The van der Waals surface area contributed by atoms with Gasteiger partial charge in [-0.25, -0.2) is 0 Å². The normalized spacial score (nSPS) is 11.0. The topological polar surface area (TPSA) is 104 Å². The molecule has 0 bridgehead atoms. The quantitative estimate of drug-likeness (QED) is 0.298. The maximum Gasteiger partial charge on any atom is 0.246 e. The minimum absolute atomic E-state index is 0.00903. The van der Waals surface area contributed by atoms with Crippen molar-refractivity contribution in [2.75, 3.05) is 79.2 Å². The molecule has 0 aliphatic heterocycles. The van der Waals surface area contributed by atoms with Crippen LogP contribution in [0.15, 0.2) is 0 Å². The van der Waals surface area contributed by atoms with Gasteiger partial charge in [-0.15, -0.1) is 0 Å². The van der Waals surface area contributed by atoms with Crippen LogP contribution >= 0.6 is 0 Å². The Balaban J connectivity index is 3.13. The van der Waals surface area contributed by atoms with Crippen molar-refractivity contribution in [3.05, 3.63) is 0 Å². The van der Waals surface area contributed by atoms with Crippen LogP contribution in [0, 0.1) is 5.92 Å². The van der Waals surface area contributed by atoms with Crippen LogP contribution < -0.4 is 10.6 Å². The van der Waals surface area contributed by atoms with Crippen molar-refractivity contribution in [1.82, 2.24) is 10.6 Å². The van der Waals surface area contributed by atoms with Gasteiger partial charge in [0.25, 0.3) is 0 Å².